The fourth-order valence-corrected chi connectivity index (χ4v) is 5.40. The lowest BCUT2D eigenvalue weighted by atomic mass is 9.84. The van der Waals surface area contributed by atoms with Crippen LogP contribution in [-0.2, 0) is 6.54 Å². The molecule has 0 radical (unpaired) electrons. The summed E-state index contributed by atoms with van der Waals surface area (Å²) < 4.78 is 10.5. The Morgan fingerprint density at radius 3 is 2.44 bits per heavy atom. The molecule has 1 aliphatic rings. The number of hydrogen-bond donors (Lipinski definition) is 1. The van der Waals surface area contributed by atoms with E-state index in [0.717, 1.165) is 59.0 Å². The number of para-hydroxylation sites is 1. The fraction of sp³-hybridized carbons (Fsp3) is 0.276. The molecule has 2 aromatic carbocycles. The molecule has 7 nitrogen and oxygen atoms in total. The van der Waals surface area contributed by atoms with E-state index in [1.807, 2.05) is 61.2 Å². The minimum absolute atomic E-state index is 0.417. The molecule has 6 rings (SSSR count). The maximum Gasteiger partial charge on any atom is 0.146 e. The summed E-state index contributed by atoms with van der Waals surface area (Å²) in [4.78, 5) is 13.1. The van der Waals surface area contributed by atoms with E-state index >= 15 is 0 Å². The third kappa shape index (κ3) is 4.56. The second kappa shape index (κ2) is 9.85. The number of hydrogen-bond acceptors (Lipinski definition) is 5. The molecular formula is C29H30N6O. The molecule has 1 fully saturated rings. The molecule has 2 N–H and O–H groups in total. The van der Waals surface area contributed by atoms with Gasteiger partial charge in [0.25, 0.3) is 0 Å². The smallest absolute Gasteiger partial charge is 0.146 e. The van der Waals surface area contributed by atoms with Gasteiger partial charge >= 0.3 is 0 Å². The van der Waals surface area contributed by atoms with Gasteiger partial charge in [0.15, 0.2) is 0 Å². The van der Waals surface area contributed by atoms with Crippen molar-refractivity contribution in [2.75, 3.05) is 5.73 Å². The SMILES string of the molecule is Nc1ncnc2c1c(-c1ccc(Oc3ccccc3)cc1)cn2C1CCC(CCn2ccnc2)CC1. The number of fused-ring (bicyclic) bond motifs is 1. The normalized spacial score (nSPS) is 17.9. The largest absolute Gasteiger partial charge is 0.457 e. The van der Waals surface area contributed by atoms with Gasteiger partial charge in [-0.25, -0.2) is 15.0 Å². The number of imidazole rings is 1. The van der Waals surface area contributed by atoms with Crippen LogP contribution in [0.4, 0.5) is 5.82 Å². The average molecular weight is 479 g/mol. The summed E-state index contributed by atoms with van der Waals surface area (Å²) in [5.41, 5.74) is 9.45. The molecule has 3 heterocycles. The molecule has 0 amide bonds. The van der Waals surface area contributed by atoms with Crippen molar-refractivity contribution in [1.29, 1.82) is 0 Å². The van der Waals surface area contributed by atoms with Crippen molar-refractivity contribution in [3.8, 4) is 22.6 Å². The Bertz CT molecular complexity index is 1420. The lowest BCUT2D eigenvalue weighted by molar-refractivity contribution is 0.259. The van der Waals surface area contributed by atoms with E-state index in [9.17, 15) is 0 Å². The minimum Gasteiger partial charge on any atom is -0.457 e. The number of nitrogens with two attached hydrogens (primary N) is 1. The van der Waals surface area contributed by atoms with Crippen LogP contribution in [0.2, 0.25) is 0 Å². The van der Waals surface area contributed by atoms with E-state index in [1.165, 1.54) is 19.3 Å². The topological polar surface area (TPSA) is 83.8 Å². The van der Waals surface area contributed by atoms with Crippen LogP contribution in [0.15, 0.2) is 85.8 Å². The highest BCUT2D eigenvalue weighted by molar-refractivity contribution is 6.00. The van der Waals surface area contributed by atoms with Gasteiger partial charge in [0, 0.05) is 36.7 Å². The Kier molecular flexibility index (Phi) is 6.11. The second-order valence-corrected chi connectivity index (χ2v) is 9.61. The predicted molar refractivity (Wildman–Crippen MR) is 142 cm³/mol. The molecule has 1 aliphatic carbocycles. The number of rotatable bonds is 7. The Morgan fingerprint density at radius 2 is 1.69 bits per heavy atom. The first-order valence-electron chi connectivity index (χ1n) is 12.6. The highest BCUT2D eigenvalue weighted by Crippen LogP contribution is 2.40. The first kappa shape index (κ1) is 22.3. The molecule has 3 aromatic heterocycles. The minimum atomic E-state index is 0.417. The van der Waals surface area contributed by atoms with Crippen LogP contribution < -0.4 is 10.5 Å². The maximum absolute atomic E-state index is 6.38. The zero-order valence-electron chi connectivity index (χ0n) is 20.2. The number of ether oxygens (including phenoxy) is 1. The highest BCUT2D eigenvalue weighted by atomic mass is 16.5. The molecule has 182 valence electrons. The zero-order chi connectivity index (χ0) is 24.3. The lowest BCUT2D eigenvalue weighted by Gasteiger charge is -2.30. The van der Waals surface area contributed by atoms with Gasteiger partial charge in [-0.05, 0) is 67.9 Å². The van der Waals surface area contributed by atoms with E-state index in [-0.39, 0.29) is 0 Å². The number of aryl methyl sites for hydroxylation is 1. The Balaban J connectivity index is 1.22. The quantitative estimate of drug-likeness (QED) is 0.289. The number of nitrogens with zero attached hydrogens (tertiary/aromatic N) is 5. The van der Waals surface area contributed by atoms with Gasteiger partial charge in [-0.1, -0.05) is 30.3 Å². The number of anilines is 1. The van der Waals surface area contributed by atoms with Crippen molar-refractivity contribution < 1.29 is 4.74 Å². The Morgan fingerprint density at radius 1 is 0.917 bits per heavy atom. The molecule has 0 bridgehead atoms. The third-order valence-electron chi connectivity index (χ3n) is 7.35. The van der Waals surface area contributed by atoms with Crippen molar-refractivity contribution in [3.63, 3.8) is 0 Å². The van der Waals surface area contributed by atoms with E-state index in [2.05, 4.69) is 42.4 Å². The number of benzene rings is 2. The van der Waals surface area contributed by atoms with Crippen LogP contribution in [0.1, 0.15) is 38.1 Å². The molecular weight excluding hydrogens is 448 g/mol. The summed E-state index contributed by atoms with van der Waals surface area (Å²) in [5, 5.41) is 0.927. The van der Waals surface area contributed by atoms with Gasteiger partial charge in [0.2, 0.25) is 0 Å². The van der Waals surface area contributed by atoms with Crippen LogP contribution in [-0.4, -0.2) is 24.1 Å². The summed E-state index contributed by atoms with van der Waals surface area (Å²) in [5.74, 6) is 2.89. The van der Waals surface area contributed by atoms with Crippen molar-refractivity contribution in [1.82, 2.24) is 24.1 Å². The Hall–Kier alpha value is -4.13. The fourth-order valence-electron chi connectivity index (χ4n) is 5.40. The van der Waals surface area contributed by atoms with Gasteiger partial charge in [-0.15, -0.1) is 0 Å². The van der Waals surface area contributed by atoms with Gasteiger partial charge < -0.3 is 19.6 Å². The number of nitrogen functional groups attached to an aromatic ring is 1. The Labute approximate surface area is 210 Å². The second-order valence-electron chi connectivity index (χ2n) is 9.61. The third-order valence-corrected chi connectivity index (χ3v) is 7.35. The molecule has 0 unspecified atom stereocenters. The zero-order valence-corrected chi connectivity index (χ0v) is 20.2. The summed E-state index contributed by atoms with van der Waals surface area (Å²) in [6.45, 7) is 1.04. The first-order valence-corrected chi connectivity index (χ1v) is 12.6. The monoisotopic (exact) mass is 478 g/mol. The summed E-state index contributed by atoms with van der Waals surface area (Å²) >= 11 is 0. The van der Waals surface area contributed by atoms with Crippen molar-refractivity contribution >= 4 is 16.9 Å². The van der Waals surface area contributed by atoms with Gasteiger partial charge in [0.05, 0.1) is 11.7 Å². The molecule has 1 saturated carbocycles. The number of aromatic nitrogens is 5. The van der Waals surface area contributed by atoms with E-state index in [0.29, 0.717) is 11.9 Å². The first-order chi connectivity index (χ1) is 17.7. The molecule has 0 spiro atoms. The molecule has 0 atom stereocenters. The van der Waals surface area contributed by atoms with Gasteiger partial charge in [-0.2, -0.15) is 0 Å². The average Bonchev–Trinajstić information content (AvgIpc) is 3.58. The molecule has 7 heteroatoms. The molecule has 36 heavy (non-hydrogen) atoms. The van der Waals surface area contributed by atoms with E-state index < -0.39 is 0 Å². The molecule has 0 saturated heterocycles. The standard InChI is InChI=1S/C29H30N6O/c30-28-27-26(22-8-12-25(13-9-22)36-24-4-2-1-3-5-24)18-35(29(27)33-19-32-28)23-10-6-21(7-11-23)14-16-34-17-15-31-20-34/h1-5,8-9,12-13,15,17-21,23H,6-7,10-11,14,16H2,(H2,30,32,33). The van der Waals surface area contributed by atoms with Gasteiger partial charge in [-0.3, -0.25) is 0 Å². The summed E-state index contributed by atoms with van der Waals surface area (Å²) in [6.07, 6.45) is 15.5. The van der Waals surface area contributed by atoms with E-state index in [4.69, 9.17) is 10.5 Å². The van der Waals surface area contributed by atoms with Crippen LogP contribution >= 0.6 is 0 Å². The predicted octanol–water partition coefficient (Wildman–Crippen LogP) is 6.49. The van der Waals surface area contributed by atoms with Crippen LogP contribution in [0.25, 0.3) is 22.2 Å². The highest BCUT2D eigenvalue weighted by Gasteiger charge is 2.25. The van der Waals surface area contributed by atoms with Crippen molar-refractivity contribution in [2.24, 2.45) is 5.92 Å². The van der Waals surface area contributed by atoms with Gasteiger partial charge in [0.1, 0.15) is 29.3 Å². The van der Waals surface area contributed by atoms with Crippen molar-refractivity contribution in [2.45, 2.75) is 44.7 Å². The van der Waals surface area contributed by atoms with Crippen LogP contribution in [0, 0.1) is 5.92 Å². The maximum atomic E-state index is 6.38. The van der Waals surface area contributed by atoms with Crippen molar-refractivity contribution in [3.05, 3.63) is 85.8 Å². The lowest BCUT2D eigenvalue weighted by Crippen LogP contribution is -2.19. The van der Waals surface area contributed by atoms with Crippen LogP contribution in [0.3, 0.4) is 0 Å². The summed E-state index contributed by atoms with van der Waals surface area (Å²) in [6, 6.07) is 18.4. The summed E-state index contributed by atoms with van der Waals surface area (Å²) in [7, 11) is 0. The van der Waals surface area contributed by atoms with E-state index in [1.54, 1.807) is 6.33 Å². The molecule has 5 aromatic rings. The van der Waals surface area contributed by atoms with Crippen LogP contribution in [0.5, 0.6) is 11.5 Å². The molecule has 0 aliphatic heterocycles.